The standard InChI is InChI=1S/C15H30N2/c1-5-14(4)12-17(10-13-8-9-13)15(6-2,7-3)11-16-14/h13,16H,5-12H2,1-4H3. The lowest BCUT2D eigenvalue weighted by molar-refractivity contribution is -0.000895. The molecule has 1 heterocycles. The summed E-state index contributed by atoms with van der Waals surface area (Å²) < 4.78 is 0. The van der Waals surface area contributed by atoms with Crippen LogP contribution in [0.15, 0.2) is 0 Å². The van der Waals surface area contributed by atoms with Gasteiger partial charge < -0.3 is 5.32 Å². The summed E-state index contributed by atoms with van der Waals surface area (Å²) in [7, 11) is 0. The van der Waals surface area contributed by atoms with Crippen molar-refractivity contribution in [1.82, 2.24) is 10.2 Å². The Morgan fingerprint density at radius 2 is 1.76 bits per heavy atom. The first-order valence-corrected chi connectivity index (χ1v) is 7.57. The summed E-state index contributed by atoms with van der Waals surface area (Å²) in [6.45, 7) is 13.2. The van der Waals surface area contributed by atoms with Crippen LogP contribution in [0.25, 0.3) is 0 Å². The van der Waals surface area contributed by atoms with Crippen LogP contribution in [0.5, 0.6) is 0 Å². The monoisotopic (exact) mass is 238 g/mol. The lowest BCUT2D eigenvalue weighted by Crippen LogP contribution is -2.68. The van der Waals surface area contributed by atoms with E-state index >= 15 is 0 Å². The van der Waals surface area contributed by atoms with Gasteiger partial charge in [0.15, 0.2) is 0 Å². The van der Waals surface area contributed by atoms with Gasteiger partial charge in [-0.05, 0) is 44.9 Å². The molecule has 0 spiro atoms. The zero-order valence-electron chi connectivity index (χ0n) is 12.2. The molecule has 1 saturated carbocycles. The van der Waals surface area contributed by atoms with Crippen molar-refractivity contribution in [2.75, 3.05) is 19.6 Å². The minimum absolute atomic E-state index is 0.336. The summed E-state index contributed by atoms with van der Waals surface area (Å²) >= 11 is 0. The van der Waals surface area contributed by atoms with Crippen molar-refractivity contribution >= 4 is 0 Å². The van der Waals surface area contributed by atoms with Crippen LogP contribution in [0.4, 0.5) is 0 Å². The van der Waals surface area contributed by atoms with E-state index in [1.807, 2.05) is 0 Å². The van der Waals surface area contributed by atoms with Gasteiger partial charge in [0.25, 0.3) is 0 Å². The average molecular weight is 238 g/mol. The van der Waals surface area contributed by atoms with E-state index in [9.17, 15) is 0 Å². The van der Waals surface area contributed by atoms with Gasteiger partial charge in [0.05, 0.1) is 0 Å². The van der Waals surface area contributed by atoms with E-state index in [2.05, 4.69) is 37.9 Å². The van der Waals surface area contributed by atoms with Crippen LogP contribution in [0, 0.1) is 5.92 Å². The zero-order chi connectivity index (χ0) is 12.5. The van der Waals surface area contributed by atoms with Crippen LogP contribution in [-0.2, 0) is 0 Å². The largest absolute Gasteiger partial charge is 0.308 e. The zero-order valence-corrected chi connectivity index (χ0v) is 12.2. The van der Waals surface area contributed by atoms with E-state index in [-0.39, 0.29) is 0 Å². The second kappa shape index (κ2) is 4.89. The minimum atomic E-state index is 0.336. The van der Waals surface area contributed by atoms with Gasteiger partial charge in [0, 0.05) is 30.7 Å². The summed E-state index contributed by atoms with van der Waals surface area (Å²) in [5.74, 6) is 1.01. The van der Waals surface area contributed by atoms with Crippen molar-refractivity contribution in [3.63, 3.8) is 0 Å². The Balaban J connectivity index is 2.10. The first-order valence-electron chi connectivity index (χ1n) is 7.57. The normalized spacial score (nSPS) is 33.9. The quantitative estimate of drug-likeness (QED) is 0.792. The molecule has 17 heavy (non-hydrogen) atoms. The van der Waals surface area contributed by atoms with Gasteiger partial charge in [0.2, 0.25) is 0 Å². The third-order valence-electron chi connectivity index (χ3n) is 5.33. The SMILES string of the molecule is CCC1(C)CN(CC2CC2)C(CC)(CC)CN1. The van der Waals surface area contributed by atoms with Gasteiger partial charge >= 0.3 is 0 Å². The van der Waals surface area contributed by atoms with E-state index in [0.717, 1.165) is 5.92 Å². The molecule has 0 aromatic heterocycles. The molecule has 1 aliphatic heterocycles. The smallest absolute Gasteiger partial charge is 0.0329 e. The van der Waals surface area contributed by atoms with Gasteiger partial charge in [-0.25, -0.2) is 0 Å². The summed E-state index contributed by atoms with van der Waals surface area (Å²) in [4.78, 5) is 2.82. The molecule has 1 saturated heterocycles. The fraction of sp³-hybridized carbons (Fsp3) is 1.00. The highest BCUT2D eigenvalue weighted by Crippen LogP contribution is 2.37. The fourth-order valence-electron chi connectivity index (χ4n) is 3.19. The molecular weight excluding hydrogens is 208 g/mol. The van der Waals surface area contributed by atoms with Crippen molar-refractivity contribution in [3.8, 4) is 0 Å². The van der Waals surface area contributed by atoms with Gasteiger partial charge in [-0.2, -0.15) is 0 Å². The Kier molecular flexibility index (Phi) is 3.84. The van der Waals surface area contributed by atoms with Crippen LogP contribution in [0.3, 0.4) is 0 Å². The molecule has 1 unspecified atom stereocenters. The summed E-state index contributed by atoms with van der Waals surface area (Å²) in [5.41, 5.74) is 0.764. The Hall–Kier alpha value is -0.0800. The Bertz CT molecular complexity index is 256. The van der Waals surface area contributed by atoms with Gasteiger partial charge in [0.1, 0.15) is 0 Å². The Morgan fingerprint density at radius 3 is 2.24 bits per heavy atom. The Morgan fingerprint density at radius 1 is 1.12 bits per heavy atom. The fourth-order valence-corrected chi connectivity index (χ4v) is 3.19. The van der Waals surface area contributed by atoms with E-state index < -0.39 is 0 Å². The second-order valence-electron chi connectivity index (χ2n) is 6.52. The van der Waals surface area contributed by atoms with E-state index in [4.69, 9.17) is 0 Å². The third-order valence-corrected chi connectivity index (χ3v) is 5.33. The number of rotatable bonds is 5. The molecule has 2 heteroatoms. The molecule has 1 aliphatic carbocycles. The molecule has 0 aromatic rings. The topological polar surface area (TPSA) is 15.3 Å². The summed E-state index contributed by atoms with van der Waals surface area (Å²) in [6, 6.07) is 0. The van der Waals surface area contributed by atoms with E-state index in [1.165, 1.54) is 51.7 Å². The number of nitrogens with zero attached hydrogens (tertiary/aromatic N) is 1. The minimum Gasteiger partial charge on any atom is -0.308 e. The average Bonchev–Trinajstić information content (AvgIpc) is 3.14. The van der Waals surface area contributed by atoms with Crippen LogP contribution in [-0.4, -0.2) is 35.6 Å². The Labute approximate surface area is 107 Å². The molecule has 0 radical (unpaired) electrons. The van der Waals surface area contributed by atoms with Gasteiger partial charge in [-0.15, -0.1) is 0 Å². The first-order chi connectivity index (χ1) is 8.07. The maximum absolute atomic E-state index is 3.82. The van der Waals surface area contributed by atoms with Crippen LogP contribution >= 0.6 is 0 Å². The highest BCUT2D eigenvalue weighted by atomic mass is 15.3. The van der Waals surface area contributed by atoms with Crippen molar-refractivity contribution in [2.24, 2.45) is 5.92 Å². The van der Waals surface area contributed by atoms with Crippen molar-refractivity contribution in [2.45, 2.75) is 70.9 Å². The molecule has 0 bridgehead atoms. The van der Waals surface area contributed by atoms with Crippen molar-refractivity contribution in [1.29, 1.82) is 0 Å². The molecular formula is C15H30N2. The number of hydrogen-bond acceptors (Lipinski definition) is 2. The maximum atomic E-state index is 3.82. The molecule has 0 amide bonds. The van der Waals surface area contributed by atoms with Crippen molar-refractivity contribution < 1.29 is 0 Å². The maximum Gasteiger partial charge on any atom is 0.0329 e. The lowest BCUT2D eigenvalue weighted by Gasteiger charge is -2.53. The first kappa shape index (κ1) is 13.4. The molecule has 100 valence electrons. The second-order valence-corrected chi connectivity index (χ2v) is 6.52. The van der Waals surface area contributed by atoms with E-state index in [0.29, 0.717) is 11.1 Å². The van der Waals surface area contributed by atoms with Crippen LogP contribution in [0.1, 0.15) is 59.8 Å². The predicted octanol–water partition coefficient (Wildman–Crippen LogP) is 3.03. The summed E-state index contributed by atoms with van der Waals surface area (Å²) in [5, 5.41) is 3.82. The molecule has 2 rings (SSSR count). The molecule has 0 aromatic carbocycles. The summed E-state index contributed by atoms with van der Waals surface area (Å²) in [6.07, 6.45) is 6.73. The molecule has 2 fully saturated rings. The molecule has 2 nitrogen and oxygen atoms in total. The third kappa shape index (κ3) is 2.68. The number of hydrogen-bond donors (Lipinski definition) is 1. The van der Waals surface area contributed by atoms with E-state index in [1.54, 1.807) is 0 Å². The highest BCUT2D eigenvalue weighted by Gasteiger charge is 2.44. The van der Waals surface area contributed by atoms with Gasteiger partial charge in [-0.3, -0.25) is 4.90 Å². The molecule has 2 aliphatic rings. The predicted molar refractivity (Wildman–Crippen MR) is 74.3 cm³/mol. The van der Waals surface area contributed by atoms with Crippen LogP contribution in [0.2, 0.25) is 0 Å². The number of piperazine rings is 1. The lowest BCUT2D eigenvalue weighted by atomic mass is 9.82. The van der Waals surface area contributed by atoms with Crippen LogP contribution < -0.4 is 5.32 Å². The van der Waals surface area contributed by atoms with Crippen molar-refractivity contribution in [3.05, 3.63) is 0 Å². The molecule has 1 atom stereocenters. The molecule has 1 N–H and O–H groups in total. The highest BCUT2D eigenvalue weighted by molar-refractivity contribution is 5.03. The van der Waals surface area contributed by atoms with Gasteiger partial charge in [-0.1, -0.05) is 20.8 Å². The number of nitrogens with one attached hydrogen (secondary N) is 1.